The molecule has 0 fully saturated rings. The number of aromatic nitrogens is 4. The third kappa shape index (κ3) is 1.46. The van der Waals surface area contributed by atoms with E-state index in [1.54, 1.807) is 17.1 Å². The average Bonchev–Trinajstić information content (AvgIpc) is 3.04. The van der Waals surface area contributed by atoms with Gasteiger partial charge >= 0.3 is 0 Å². The van der Waals surface area contributed by atoms with Gasteiger partial charge in [-0.05, 0) is 12.1 Å². The zero-order valence-corrected chi connectivity index (χ0v) is 10.1. The van der Waals surface area contributed by atoms with E-state index in [0.29, 0.717) is 18.8 Å². The normalized spacial score (nSPS) is 14.4. The quantitative estimate of drug-likeness (QED) is 0.702. The van der Waals surface area contributed by atoms with Crippen molar-refractivity contribution in [1.29, 1.82) is 0 Å². The minimum atomic E-state index is -0.0653. The second-order valence-electron chi connectivity index (χ2n) is 4.50. The summed E-state index contributed by atoms with van der Waals surface area (Å²) >= 11 is 0. The van der Waals surface area contributed by atoms with Crippen LogP contribution in [0.15, 0.2) is 36.9 Å². The van der Waals surface area contributed by atoms with E-state index in [0.717, 1.165) is 16.8 Å². The van der Waals surface area contributed by atoms with Gasteiger partial charge in [-0.25, -0.2) is 4.98 Å². The zero-order chi connectivity index (χ0) is 12.8. The Morgan fingerprint density at radius 2 is 2.26 bits per heavy atom. The van der Waals surface area contributed by atoms with Gasteiger partial charge in [0.05, 0.1) is 12.7 Å². The predicted octanol–water partition coefficient (Wildman–Crippen LogP) is 0.941. The maximum Gasteiger partial charge on any atom is 0.270 e. The molecule has 1 aliphatic rings. The van der Waals surface area contributed by atoms with E-state index in [1.165, 1.54) is 0 Å². The van der Waals surface area contributed by atoms with Crippen LogP contribution >= 0.6 is 0 Å². The van der Waals surface area contributed by atoms with Crippen LogP contribution in [0, 0.1) is 0 Å². The van der Waals surface area contributed by atoms with Gasteiger partial charge in [0.15, 0.2) is 0 Å². The summed E-state index contributed by atoms with van der Waals surface area (Å²) in [7, 11) is 0. The first kappa shape index (κ1) is 10.3. The number of imidazole rings is 1. The molecular formula is C13H11N5O. The third-order valence-electron chi connectivity index (χ3n) is 3.36. The first-order valence-corrected chi connectivity index (χ1v) is 6.10. The second-order valence-corrected chi connectivity index (χ2v) is 4.50. The van der Waals surface area contributed by atoms with Gasteiger partial charge in [0, 0.05) is 36.3 Å². The number of carbonyl (C=O) groups excluding carboxylic acids is 1. The fourth-order valence-electron chi connectivity index (χ4n) is 2.44. The molecule has 6 nitrogen and oxygen atoms in total. The van der Waals surface area contributed by atoms with Crippen LogP contribution in [0.25, 0.3) is 16.8 Å². The maximum atomic E-state index is 12.0. The van der Waals surface area contributed by atoms with E-state index < -0.39 is 0 Å². The number of nitrogens with zero attached hydrogens (tertiary/aromatic N) is 4. The van der Waals surface area contributed by atoms with Gasteiger partial charge in [0.1, 0.15) is 11.3 Å². The lowest BCUT2D eigenvalue weighted by molar-refractivity contribution is 0.0925. The van der Waals surface area contributed by atoms with Gasteiger partial charge in [-0.3, -0.25) is 9.48 Å². The lowest BCUT2D eigenvalue weighted by atomic mass is 10.1. The van der Waals surface area contributed by atoms with Crippen LogP contribution in [0.1, 0.15) is 10.5 Å². The lowest BCUT2D eigenvalue weighted by Gasteiger charge is -2.15. The van der Waals surface area contributed by atoms with Gasteiger partial charge in [0.25, 0.3) is 5.91 Å². The van der Waals surface area contributed by atoms with Crippen molar-refractivity contribution in [3.63, 3.8) is 0 Å². The highest BCUT2D eigenvalue weighted by Gasteiger charge is 2.22. The number of amides is 1. The van der Waals surface area contributed by atoms with E-state index in [1.807, 2.05) is 28.9 Å². The summed E-state index contributed by atoms with van der Waals surface area (Å²) in [6.45, 7) is 1.35. The van der Waals surface area contributed by atoms with Gasteiger partial charge in [-0.15, -0.1) is 0 Å². The first-order valence-electron chi connectivity index (χ1n) is 6.10. The second kappa shape index (κ2) is 3.68. The fourth-order valence-corrected chi connectivity index (χ4v) is 2.44. The number of pyridine rings is 1. The molecule has 0 saturated heterocycles. The number of carbonyl (C=O) groups is 1. The summed E-state index contributed by atoms with van der Waals surface area (Å²) in [6, 6.07) is 3.89. The molecule has 4 heterocycles. The standard InChI is InChI=1S/C13H11N5O/c19-13-12-10(7-16-18(12)6-4-15-13)9-1-2-11-14-3-5-17(11)8-9/h1-3,5,7-8H,4,6H2,(H,15,19). The highest BCUT2D eigenvalue weighted by molar-refractivity contribution is 5.99. The summed E-state index contributed by atoms with van der Waals surface area (Å²) in [5.74, 6) is -0.0653. The molecule has 1 N–H and O–H groups in total. The van der Waals surface area contributed by atoms with E-state index in [2.05, 4.69) is 15.4 Å². The maximum absolute atomic E-state index is 12.0. The molecule has 0 radical (unpaired) electrons. The first-order chi connectivity index (χ1) is 9.33. The molecule has 0 aromatic carbocycles. The molecular weight excluding hydrogens is 242 g/mol. The zero-order valence-electron chi connectivity index (χ0n) is 10.1. The van der Waals surface area contributed by atoms with E-state index in [-0.39, 0.29) is 5.91 Å². The van der Waals surface area contributed by atoms with Crippen molar-refractivity contribution in [2.75, 3.05) is 6.54 Å². The Kier molecular flexibility index (Phi) is 2.00. The number of nitrogens with one attached hydrogen (secondary N) is 1. The number of rotatable bonds is 1. The molecule has 1 aliphatic heterocycles. The number of hydrogen-bond donors (Lipinski definition) is 1. The van der Waals surface area contributed by atoms with Crippen LogP contribution < -0.4 is 5.32 Å². The van der Waals surface area contributed by atoms with Crippen molar-refractivity contribution >= 4 is 11.6 Å². The van der Waals surface area contributed by atoms with E-state index >= 15 is 0 Å². The van der Waals surface area contributed by atoms with Crippen LogP contribution in [0.2, 0.25) is 0 Å². The van der Waals surface area contributed by atoms with Crippen LogP contribution in [-0.2, 0) is 6.54 Å². The molecule has 6 heteroatoms. The topological polar surface area (TPSA) is 64.2 Å². The van der Waals surface area contributed by atoms with Gasteiger partial charge in [-0.1, -0.05) is 0 Å². The van der Waals surface area contributed by atoms with E-state index in [4.69, 9.17) is 0 Å². The van der Waals surface area contributed by atoms with Gasteiger partial charge < -0.3 is 9.72 Å². The average molecular weight is 253 g/mol. The monoisotopic (exact) mass is 253 g/mol. The summed E-state index contributed by atoms with van der Waals surface area (Å²) in [5.41, 5.74) is 3.33. The predicted molar refractivity (Wildman–Crippen MR) is 68.7 cm³/mol. The third-order valence-corrected chi connectivity index (χ3v) is 3.36. The summed E-state index contributed by atoms with van der Waals surface area (Å²) in [6.07, 6.45) is 7.34. The minimum absolute atomic E-state index is 0.0653. The molecule has 0 saturated carbocycles. The molecule has 0 spiro atoms. The highest BCUT2D eigenvalue weighted by Crippen LogP contribution is 2.25. The Hall–Kier alpha value is -2.63. The molecule has 4 rings (SSSR count). The Balaban J connectivity index is 1.92. The van der Waals surface area contributed by atoms with Crippen molar-refractivity contribution in [2.45, 2.75) is 6.54 Å². The summed E-state index contributed by atoms with van der Waals surface area (Å²) in [4.78, 5) is 16.2. The van der Waals surface area contributed by atoms with Crippen LogP contribution in [0.3, 0.4) is 0 Å². The highest BCUT2D eigenvalue weighted by atomic mass is 16.2. The molecule has 3 aromatic rings. The molecule has 94 valence electrons. The Morgan fingerprint density at radius 1 is 1.32 bits per heavy atom. The molecule has 0 unspecified atom stereocenters. The van der Waals surface area contributed by atoms with Gasteiger partial charge in [-0.2, -0.15) is 5.10 Å². The Bertz CT molecular complexity index is 785. The van der Waals surface area contributed by atoms with Crippen molar-refractivity contribution in [1.82, 2.24) is 24.5 Å². The lowest BCUT2D eigenvalue weighted by Crippen LogP contribution is -2.35. The van der Waals surface area contributed by atoms with Crippen molar-refractivity contribution in [3.8, 4) is 11.1 Å². The van der Waals surface area contributed by atoms with Crippen LogP contribution in [-0.4, -0.2) is 31.6 Å². The summed E-state index contributed by atoms with van der Waals surface area (Å²) in [5, 5.41) is 7.13. The Labute approximate surface area is 108 Å². The van der Waals surface area contributed by atoms with Crippen molar-refractivity contribution in [2.24, 2.45) is 0 Å². The largest absolute Gasteiger partial charge is 0.349 e. The molecule has 1 amide bonds. The Morgan fingerprint density at radius 3 is 3.21 bits per heavy atom. The van der Waals surface area contributed by atoms with Crippen LogP contribution in [0.5, 0.6) is 0 Å². The van der Waals surface area contributed by atoms with Gasteiger partial charge in [0.2, 0.25) is 0 Å². The summed E-state index contributed by atoms with van der Waals surface area (Å²) < 4.78 is 3.69. The minimum Gasteiger partial charge on any atom is -0.349 e. The number of hydrogen-bond acceptors (Lipinski definition) is 3. The van der Waals surface area contributed by atoms with E-state index in [9.17, 15) is 4.79 Å². The molecule has 0 atom stereocenters. The molecule has 0 bridgehead atoms. The molecule has 3 aromatic heterocycles. The molecule has 0 aliphatic carbocycles. The fraction of sp³-hybridized carbons (Fsp3) is 0.154. The van der Waals surface area contributed by atoms with Crippen LogP contribution in [0.4, 0.5) is 0 Å². The smallest absolute Gasteiger partial charge is 0.270 e. The number of fused-ring (bicyclic) bond motifs is 2. The van der Waals surface area contributed by atoms with Crippen molar-refractivity contribution in [3.05, 3.63) is 42.6 Å². The van der Waals surface area contributed by atoms with Crippen molar-refractivity contribution < 1.29 is 4.79 Å². The molecule has 19 heavy (non-hydrogen) atoms. The SMILES string of the molecule is O=C1NCCn2ncc(-c3ccc4nccn4c3)c21.